The molecule has 0 bridgehead atoms. The number of aromatic nitrogens is 1. The standard InChI is InChI=1S/C16H16ClN3O3S/c17-13-3-5-14(6-4-13)20-11-12(8-16(20)21)9-19-24(22,23)15-2-1-7-18-10-15/h1-7,10,12,19H,8-9,11H2/t12-/m0/s1. The van der Waals surface area contributed by atoms with Gasteiger partial charge in [0.05, 0.1) is 0 Å². The average molecular weight is 366 g/mol. The zero-order chi connectivity index (χ0) is 17.2. The van der Waals surface area contributed by atoms with Crippen LogP contribution in [0.25, 0.3) is 0 Å². The summed E-state index contributed by atoms with van der Waals surface area (Å²) in [6.07, 6.45) is 3.11. The number of hydrogen-bond acceptors (Lipinski definition) is 4. The van der Waals surface area contributed by atoms with E-state index in [9.17, 15) is 13.2 Å². The largest absolute Gasteiger partial charge is 0.312 e. The van der Waals surface area contributed by atoms with Crippen molar-refractivity contribution in [1.82, 2.24) is 9.71 Å². The van der Waals surface area contributed by atoms with E-state index in [0.717, 1.165) is 5.69 Å². The molecule has 6 nitrogen and oxygen atoms in total. The highest BCUT2D eigenvalue weighted by atomic mass is 35.5. The number of pyridine rings is 1. The van der Waals surface area contributed by atoms with Gasteiger partial charge in [0.2, 0.25) is 15.9 Å². The Hall–Kier alpha value is -1.96. The highest BCUT2D eigenvalue weighted by Crippen LogP contribution is 2.26. The number of amides is 1. The number of nitrogens with one attached hydrogen (secondary N) is 1. The summed E-state index contributed by atoms with van der Waals surface area (Å²) in [4.78, 5) is 17.7. The second-order valence-electron chi connectivity index (χ2n) is 5.59. The summed E-state index contributed by atoms with van der Waals surface area (Å²) >= 11 is 5.86. The summed E-state index contributed by atoms with van der Waals surface area (Å²) in [6.45, 7) is 0.670. The summed E-state index contributed by atoms with van der Waals surface area (Å²) in [7, 11) is -3.61. The van der Waals surface area contributed by atoms with E-state index in [2.05, 4.69) is 9.71 Å². The fourth-order valence-electron chi connectivity index (χ4n) is 2.61. The van der Waals surface area contributed by atoms with Crippen molar-refractivity contribution in [2.75, 3.05) is 18.0 Å². The Morgan fingerprint density at radius 1 is 1.25 bits per heavy atom. The summed E-state index contributed by atoms with van der Waals surface area (Å²) in [5.74, 6) is -0.109. The van der Waals surface area contributed by atoms with Crippen LogP contribution in [0.4, 0.5) is 5.69 Å². The Kier molecular flexibility index (Phi) is 4.84. The second-order valence-corrected chi connectivity index (χ2v) is 7.79. The average Bonchev–Trinajstić information content (AvgIpc) is 2.96. The van der Waals surface area contributed by atoms with Gasteiger partial charge in [-0.1, -0.05) is 11.6 Å². The highest BCUT2D eigenvalue weighted by molar-refractivity contribution is 7.89. The highest BCUT2D eigenvalue weighted by Gasteiger charge is 2.31. The van der Waals surface area contributed by atoms with E-state index in [1.807, 2.05) is 0 Å². The number of benzene rings is 1. The summed E-state index contributed by atoms with van der Waals surface area (Å²) in [6, 6.07) is 10.1. The van der Waals surface area contributed by atoms with Gasteiger partial charge in [0, 0.05) is 42.6 Å². The minimum atomic E-state index is -3.61. The Bertz CT molecular complexity index is 825. The van der Waals surface area contributed by atoms with Crippen LogP contribution in [0, 0.1) is 5.92 Å². The lowest BCUT2D eigenvalue weighted by molar-refractivity contribution is -0.117. The van der Waals surface area contributed by atoms with Gasteiger partial charge in [-0.05, 0) is 42.3 Å². The van der Waals surface area contributed by atoms with Gasteiger partial charge >= 0.3 is 0 Å². The maximum absolute atomic E-state index is 12.2. The van der Waals surface area contributed by atoms with Crippen LogP contribution in [0.2, 0.25) is 5.02 Å². The number of sulfonamides is 1. The van der Waals surface area contributed by atoms with Crippen molar-refractivity contribution in [3.8, 4) is 0 Å². The minimum absolute atomic E-state index is 0.0251. The van der Waals surface area contributed by atoms with Crippen LogP contribution in [-0.2, 0) is 14.8 Å². The number of halogens is 1. The fraction of sp³-hybridized carbons (Fsp3) is 0.250. The molecule has 2 aromatic rings. The van der Waals surface area contributed by atoms with Gasteiger partial charge in [0.25, 0.3) is 0 Å². The van der Waals surface area contributed by atoms with Crippen LogP contribution in [0.3, 0.4) is 0 Å². The number of carbonyl (C=O) groups excluding carboxylic acids is 1. The summed E-state index contributed by atoms with van der Waals surface area (Å²) < 4.78 is 26.9. The third-order valence-electron chi connectivity index (χ3n) is 3.85. The van der Waals surface area contributed by atoms with Gasteiger partial charge in [0.15, 0.2) is 0 Å². The molecule has 1 fully saturated rings. The molecular formula is C16H16ClN3O3S. The van der Waals surface area contributed by atoms with Crippen LogP contribution in [0.1, 0.15) is 6.42 Å². The molecular weight excluding hydrogens is 350 g/mol. The monoisotopic (exact) mass is 365 g/mol. The molecule has 8 heteroatoms. The smallest absolute Gasteiger partial charge is 0.242 e. The van der Waals surface area contributed by atoms with Gasteiger partial charge in [-0.25, -0.2) is 13.1 Å². The quantitative estimate of drug-likeness (QED) is 0.879. The third kappa shape index (κ3) is 3.75. The van der Waals surface area contributed by atoms with E-state index >= 15 is 0 Å². The van der Waals surface area contributed by atoms with Crippen LogP contribution in [-0.4, -0.2) is 32.4 Å². The molecule has 1 N–H and O–H groups in total. The van der Waals surface area contributed by atoms with Crippen molar-refractivity contribution in [2.24, 2.45) is 5.92 Å². The molecule has 1 atom stereocenters. The Balaban J connectivity index is 1.63. The molecule has 126 valence electrons. The number of hydrogen-bond donors (Lipinski definition) is 1. The van der Waals surface area contributed by atoms with Gasteiger partial charge in [0.1, 0.15) is 4.90 Å². The first-order valence-electron chi connectivity index (χ1n) is 7.41. The van der Waals surface area contributed by atoms with E-state index in [1.165, 1.54) is 18.5 Å². The van der Waals surface area contributed by atoms with Gasteiger partial charge in [-0.2, -0.15) is 0 Å². The SMILES string of the molecule is O=C1C[C@@H](CNS(=O)(=O)c2cccnc2)CN1c1ccc(Cl)cc1. The van der Waals surface area contributed by atoms with Crippen LogP contribution < -0.4 is 9.62 Å². The summed E-state index contributed by atoms with van der Waals surface area (Å²) in [5.41, 5.74) is 0.766. The normalized spacial score (nSPS) is 18.1. The van der Waals surface area contributed by atoms with Gasteiger partial charge in [-0.15, -0.1) is 0 Å². The van der Waals surface area contributed by atoms with Crippen molar-refractivity contribution in [2.45, 2.75) is 11.3 Å². The molecule has 1 amide bonds. The van der Waals surface area contributed by atoms with Crippen LogP contribution in [0.5, 0.6) is 0 Å². The number of anilines is 1. The molecule has 2 heterocycles. The maximum Gasteiger partial charge on any atom is 0.242 e. The van der Waals surface area contributed by atoms with Crippen molar-refractivity contribution in [3.63, 3.8) is 0 Å². The Labute approximate surface area is 145 Å². The topological polar surface area (TPSA) is 79.4 Å². The Morgan fingerprint density at radius 2 is 2.00 bits per heavy atom. The van der Waals surface area contributed by atoms with Crippen LogP contribution >= 0.6 is 11.6 Å². The molecule has 0 radical (unpaired) electrons. The predicted octanol–water partition coefficient (Wildman–Crippen LogP) is 2.07. The molecule has 0 saturated carbocycles. The minimum Gasteiger partial charge on any atom is -0.312 e. The third-order valence-corrected chi connectivity index (χ3v) is 5.51. The van der Waals surface area contributed by atoms with Crippen molar-refractivity contribution < 1.29 is 13.2 Å². The molecule has 24 heavy (non-hydrogen) atoms. The number of nitrogens with zero attached hydrogens (tertiary/aromatic N) is 2. The summed E-state index contributed by atoms with van der Waals surface area (Å²) in [5, 5.41) is 0.603. The molecule has 0 aliphatic carbocycles. The maximum atomic E-state index is 12.2. The van der Waals surface area contributed by atoms with E-state index in [-0.39, 0.29) is 23.3 Å². The first-order chi connectivity index (χ1) is 11.5. The molecule has 1 aliphatic heterocycles. The second kappa shape index (κ2) is 6.88. The Morgan fingerprint density at radius 3 is 2.67 bits per heavy atom. The van der Waals surface area contributed by atoms with Crippen molar-refractivity contribution in [3.05, 3.63) is 53.8 Å². The lowest BCUT2D eigenvalue weighted by Gasteiger charge is -2.17. The zero-order valence-electron chi connectivity index (χ0n) is 12.7. The van der Waals surface area contributed by atoms with Crippen molar-refractivity contribution >= 4 is 33.2 Å². The van der Waals surface area contributed by atoms with Gasteiger partial charge < -0.3 is 4.90 Å². The number of carbonyl (C=O) groups is 1. The zero-order valence-corrected chi connectivity index (χ0v) is 14.3. The molecule has 1 saturated heterocycles. The predicted molar refractivity (Wildman–Crippen MR) is 91.3 cm³/mol. The van der Waals surface area contributed by atoms with Crippen LogP contribution in [0.15, 0.2) is 53.7 Å². The van der Waals surface area contributed by atoms with Gasteiger partial charge in [-0.3, -0.25) is 9.78 Å². The van der Waals surface area contributed by atoms with E-state index in [1.54, 1.807) is 35.2 Å². The van der Waals surface area contributed by atoms with Crippen molar-refractivity contribution in [1.29, 1.82) is 0 Å². The molecule has 3 rings (SSSR count). The molecule has 1 aliphatic rings. The molecule has 0 unspecified atom stereocenters. The first-order valence-corrected chi connectivity index (χ1v) is 9.27. The van der Waals surface area contributed by atoms with E-state index < -0.39 is 10.0 Å². The molecule has 1 aromatic heterocycles. The lowest BCUT2D eigenvalue weighted by atomic mass is 10.1. The van der Waals surface area contributed by atoms with E-state index in [4.69, 9.17) is 11.6 Å². The fourth-order valence-corrected chi connectivity index (χ4v) is 3.81. The number of rotatable bonds is 5. The molecule has 1 aromatic carbocycles. The van der Waals surface area contributed by atoms with E-state index in [0.29, 0.717) is 18.0 Å². The lowest BCUT2D eigenvalue weighted by Crippen LogP contribution is -2.31. The molecule has 0 spiro atoms. The first kappa shape index (κ1) is 16.9.